The topological polar surface area (TPSA) is 61.6 Å². The highest BCUT2D eigenvalue weighted by Gasteiger charge is 2.09. The third kappa shape index (κ3) is 6.55. The van der Waals surface area contributed by atoms with Crippen molar-refractivity contribution in [2.24, 2.45) is 12.0 Å². The molecule has 0 atom stereocenters. The fourth-order valence-corrected chi connectivity index (χ4v) is 2.88. The fraction of sp³-hybridized carbons (Fsp3) is 0.571. The van der Waals surface area contributed by atoms with E-state index in [9.17, 15) is 0 Å². The predicted octanol–water partition coefficient (Wildman–Crippen LogP) is 2.83. The van der Waals surface area contributed by atoms with Gasteiger partial charge in [-0.3, -0.25) is 0 Å². The van der Waals surface area contributed by atoms with Crippen molar-refractivity contribution in [3.63, 3.8) is 0 Å². The van der Waals surface area contributed by atoms with E-state index in [1.165, 1.54) is 12.1 Å². The molecule has 1 N–H and O–H groups in total. The SMILES string of the molecule is CCCCN(C)C(=NCc1nnc(C)n1C)NCCCN(C)c1ccccc1. The van der Waals surface area contributed by atoms with Crippen LogP contribution in [-0.4, -0.2) is 59.4 Å². The summed E-state index contributed by atoms with van der Waals surface area (Å²) in [6.07, 6.45) is 3.36. The smallest absolute Gasteiger partial charge is 0.194 e. The average molecular weight is 386 g/mol. The summed E-state index contributed by atoms with van der Waals surface area (Å²) in [6.45, 7) is 7.55. The van der Waals surface area contributed by atoms with E-state index in [4.69, 9.17) is 4.99 Å². The number of nitrogens with zero attached hydrogens (tertiary/aromatic N) is 6. The number of hydrogen-bond acceptors (Lipinski definition) is 4. The van der Waals surface area contributed by atoms with Crippen molar-refractivity contribution in [1.82, 2.24) is 25.0 Å². The minimum absolute atomic E-state index is 0.528. The molecule has 28 heavy (non-hydrogen) atoms. The molecule has 2 aromatic rings. The molecule has 0 saturated carbocycles. The Labute approximate surface area is 169 Å². The number of benzene rings is 1. The second-order valence-electron chi connectivity index (χ2n) is 7.17. The van der Waals surface area contributed by atoms with Crippen molar-refractivity contribution in [3.05, 3.63) is 42.0 Å². The van der Waals surface area contributed by atoms with Crippen LogP contribution in [0.3, 0.4) is 0 Å². The highest BCUT2D eigenvalue weighted by atomic mass is 15.3. The average Bonchev–Trinajstić information content (AvgIpc) is 3.04. The van der Waals surface area contributed by atoms with Crippen molar-refractivity contribution in [2.75, 3.05) is 38.6 Å². The first-order chi connectivity index (χ1) is 13.5. The fourth-order valence-electron chi connectivity index (χ4n) is 2.88. The van der Waals surface area contributed by atoms with Gasteiger partial charge in [0.05, 0.1) is 0 Å². The summed E-state index contributed by atoms with van der Waals surface area (Å²) < 4.78 is 1.99. The summed E-state index contributed by atoms with van der Waals surface area (Å²) in [6, 6.07) is 10.5. The number of aromatic nitrogens is 3. The second kappa shape index (κ2) is 11.3. The Kier molecular flexibility index (Phi) is 8.78. The third-order valence-electron chi connectivity index (χ3n) is 4.91. The molecule has 0 unspecified atom stereocenters. The van der Waals surface area contributed by atoms with Crippen LogP contribution in [0.4, 0.5) is 5.69 Å². The molecule has 0 saturated heterocycles. The van der Waals surface area contributed by atoms with Crippen LogP contribution in [0.15, 0.2) is 35.3 Å². The Morgan fingerprint density at radius 3 is 2.50 bits per heavy atom. The molecule has 0 radical (unpaired) electrons. The molecule has 1 heterocycles. The molecule has 1 aromatic heterocycles. The molecule has 0 aliphatic carbocycles. The molecule has 0 amide bonds. The van der Waals surface area contributed by atoms with E-state index < -0.39 is 0 Å². The van der Waals surface area contributed by atoms with Gasteiger partial charge in [0.15, 0.2) is 11.8 Å². The van der Waals surface area contributed by atoms with Crippen molar-refractivity contribution >= 4 is 11.6 Å². The van der Waals surface area contributed by atoms with Crippen molar-refractivity contribution < 1.29 is 0 Å². The molecule has 0 aliphatic rings. The van der Waals surface area contributed by atoms with Crippen molar-refractivity contribution in [1.29, 1.82) is 0 Å². The van der Waals surface area contributed by atoms with Gasteiger partial charge >= 0.3 is 0 Å². The molecule has 1 aromatic carbocycles. The largest absolute Gasteiger partial charge is 0.375 e. The first-order valence-electron chi connectivity index (χ1n) is 10.1. The number of guanidine groups is 1. The normalized spacial score (nSPS) is 11.5. The zero-order chi connectivity index (χ0) is 20.4. The molecular weight excluding hydrogens is 350 g/mol. The van der Waals surface area contributed by atoms with E-state index in [2.05, 4.69) is 70.6 Å². The van der Waals surface area contributed by atoms with Gasteiger partial charge in [-0.15, -0.1) is 10.2 Å². The first kappa shape index (κ1) is 21.7. The lowest BCUT2D eigenvalue weighted by Crippen LogP contribution is -2.40. The molecule has 0 aliphatic heterocycles. The predicted molar refractivity (Wildman–Crippen MR) is 117 cm³/mol. The number of anilines is 1. The summed E-state index contributed by atoms with van der Waals surface area (Å²) in [5.74, 6) is 2.71. The first-order valence-corrected chi connectivity index (χ1v) is 10.1. The molecule has 0 bridgehead atoms. The number of aryl methyl sites for hydroxylation is 1. The molecule has 7 heteroatoms. The van der Waals surface area contributed by atoms with E-state index >= 15 is 0 Å². The van der Waals surface area contributed by atoms with Crippen LogP contribution >= 0.6 is 0 Å². The minimum atomic E-state index is 0.528. The summed E-state index contributed by atoms with van der Waals surface area (Å²) in [5.41, 5.74) is 1.24. The maximum absolute atomic E-state index is 4.79. The molecular formula is C21H35N7. The van der Waals surface area contributed by atoms with Crippen molar-refractivity contribution in [2.45, 2.75) is 39.7 Å². The number of nitrogens with one attached hydrogen (secondary N) is 1. The van der Waals surface area contributed by atoms with Crippen LogP contribution in [0.2, 0.25) is 0 Å². The highest BCUT2D eigenvalue weighted by Crippen LogP contribution is 2.10. The quantitative estimate of drug-likeness (QED) is 0.387. The molecule has 7 nitrogen and oxygen atoms in total. The van der Waals surface area contributed by atoms with Crippen LogP contribution in [-0.2, 0) is 13.6 Å². The molecule has 154 valence electrons. The van der Waals surface area contributed by atoms with Crippen LogP contribution in [0.1, 0.15) is 37.8 Å². The number of para-hydroxylation sites is 1. The minimum Gasteiger partial charge on any atom is -0.375 e. The molecule has 2 rings (SSSR count). The number of aliphatic imine (C=N–C) groups is 1. The number of rotatable bonds is 10. The van der Waals surface area contributed by atoms with Gasteiger partial charge < -0.3 is 19.7 Å². The van der Waals surface area contributed by atoms with E-state index in [0.29, 0.717) is 6.54 Å². The van der Waals surface area contributed by atoms with Gasteiger partial charge in [-0.25, -0.2) is 4.99 Å². The molecule has 0 fully saturated rings. The Morgan fingerprint density at radius 1 is 1.11 bits per heavy atom. The second-order valence-corrected chi connectivity index (χ2v) is 7.17. The Hall–Kier alpha value is -2.57. The van der Waals surface area contributed by atoms with E-state index in [1.54, 1.807) is 0 Å². The van der Waals surface area contributed by atoms with Gasteiger partial charge in [0, 0.05) is 46.5 Å². The monoisotopic (exact) mass is 385 g/mol. The van der Waals surface area contributed by atoms with Crippen LogP contribution in [0.5, 0.6) is 0 Å². The Bertz CT molecular complexity index is 724. The van der Waals surface area contributed by atoms with Gasteiger partial charge in [-0.2, -0.15) is 0 Å². The van der Waals surface area contributed by atoms with Gasteiger partial charge in [0.2, 0.25) is 0 Å². The number of unbranched alkanes of at least 4 members (excludes halogenated alkanes) is 1. The zero-order valence-electron chi connectivity index (χ0n) is 18.0. The lowest BCUT2D eigenvalue weighted by molar-refractivity contribution is 0.461. The maximum Gasteiger partial charge on any atom is 0.194 e. The highest BCUT2D eigenvalue weighted by molar-refractivity contribution is 5.79. The summed E-state index contributed by atoms with van der Waals surface area (Å²) >= 11 is 0. The summed E-state index contributed by atoms with van der Waals surface area (Å²) in [5, 5.41) is 11.9. The van der Waals surface area contributed by atoms with Gasteiger partial charge in [-0.1, -0.05) is 31.5 Å². The van der Waals surface area contributed by atoms with Gasteiger partial charge in [0.1, 0.15) is 12.4 Å². The van der Waals surface area contributed by atoms with Crippen LogP contribution in [0.25, 0.3) is 0 Å². The lowest BCUT2D eigenvalue weighted by Gasteiger charge is -2.23. The van der Waals surface area contributed by atoms with E-state index in [0.717, 1.165) is 50.1 Å². The van der Waals surface area contributed by atoms with Gasteiger partial charge in [-0.05, 0) is 31.9 Å². The van der Waals surface area contributed by atoms with E-state index in [1.807, 2.05) is 24.6 Å². The van der Waals surface area contributed by atoms with Crippen molar-refractivity contribution in [3.8, 4) is 0 Å². The van der Waals surface area contributed by atoms with Gasteiger partial charge in [0.25, 0.3) is 0 Å². The molecule has 0 spiro atoms. The Balaban J connectivity index is 1.89. The summed E-state index contributed by atoms with van der Waals surface area (Å²) in [7, 11) is 6.21. The van der Waals surface area contributed by atoms with E-state index in [-0.39, 0.29) is 0 Å². The lowest BCUT2D eigenvalue weighted by atomic mass is 10.3. The number of hydrogen-bond donors (Lipinski definition) is 1. The maximum atomic E-state index is 4.79. The Morgan fingerprint density at radius 2 is 1.86 bits per heavy atom. The zero-order valence-corrected chi connectivity index (χ0v) is 18.0. The third-order valence-corrected chi connectivity index (χ3v) is 4.91. The van der Waals surface area contributed by atoms with Crippen LogP contribution in [0, 0.1) is 6.92 Å². The van der Waals surface area contributed by atoms with Crippen LogP contribution < -0.4 is 10.2 Å². The summed E-state index contributed by atoms with van der Waals surface area (Å²) in [4.78, 5) is 9.27. The standard InChI is InChI=1S/C21H35N7/c1-6-7-15-27(4)21(23-17-20-25-24-18(2)28(20)5)22-14-11-16-26(3)19-12-9-8-10-13-19/h8-10,12-13H,6-7,11,14-17H2,1-5H3,(H,22,23).